The van der Waals surface area contributed by atoms with Gasteiger partial charge in [0.1, 0.15) is 5.75 Å². The van der Waals surface area contributed by atoms with E-state index in [0.29, 0.717) is 35.7 Å². The van der Waals surface area contributed by atoms with Crippen molar-refractivity contribution in [1.82, 2.24) is 19.9 Å². The van der Waals surface area contributed by atoms with Gasteiger partial charge in [-0.3, -0.25) is 0 Å². The largest absolute Gasteiger partial charge is 0.478 e. The van der Waals surface area contributed by atoms with E-state index in [1.807, 2.05) is 24.3 Å². The molecule has 0 radical (unpaired) electrons. The standard InChI is InChI=1S/C24H36ClN7O/c1-31-14-12-20(13-15-31)32(2)24-29-22(26-18-8-5-3-4-6-9-18)28-23(30-24)27-19-10-7-11-21(16-19)33-17-25/h7,10-11,16,18,20H,3-6,8-9,12-15,17H2,1-2H3,(H2,26,27,28,29,30). The molecule has 1 saturated heterocycles. The maximum atomic E-state index is 5.72. The van der Waals surface area contributed by atoms with Gasteiger partial charge in [-0.15, -0.1) is 0 Å². The monoisotopic (exact) mass is 473 g/mol. The number of nitrogens with zero attached hydrogens (tertiary/aromatic N) is 5. The van der Waals surface area contributed by atoms with E-state index in [0.717, 1.165) is 44.5 Å². The molecule has 0 unspecified atom stereocenters. The van der Waals surface area contributed by atoms with Gasteiger partial charge in [-0.05, 0) is 58.0 Å². The molecule has 33 heavy (non-hydrogen) atoms. The van der Waals surface area contributed by atoms with Crippen LogP contribution >= 0.6 is 11.6 Å². The Balaban J connectivity index is 1.57. The molecule has 2 fully saturated rings. The predicted octanol–water partition coefficient (Wildman–Crippen LogP) is 4.86. The number of hydrogen-bond acceptors (Lipinski definition) is 8. The summed E-state index contributed by atoms with van der Waals surface area (Å²) in [4.78, 5) is 18.9. The molecule has 0 spiro atoms. The fraction of sp³-hybridized carbons (Fsp3) is 0.625. The van der Waals surface area contributed by atoms with Crippen molar-refractivity contribution < 1.29 is 4.74 Å². The van der Waals surface area contributed by atoms with Crippen LogP contribution in [0.2, 0.25) is 0 Å². The lowest BCUT2D eigenvalue weighted by atomic mass is 10.0. The maximum absolute atomic E-state index is 5.72. The number of benzene rings is 1. The molecule has 0 bridgehead atoms. The van der Waals surface area contributed by atoms with Crippen LogP contribution in [0.4, 0.5) is 23.5 Å². The summed E-state index contributed by atoms with van der Waals surface area (Å²) in [7, 11) is 4.28. The number of ether oxygens (including phenoxy) is 1. The second-order valence-electron chi connectivity index (χ2n) is 9.17. The third kappa shape index (κ3) is 6.84. The maximum Gasteiger partial charge on any atom is 0.233 e. The molecule has 4 rings (SSSR count). The second-order valence-corrected chi connectivity index (χ2v) is 9.39. The molecule has 2 heterocycles. The lowest BCUT2D eigenvalue weighted by molar-refractivity contribution is 0.252. The summed E-state index contributed by atoms with van der Waals surface area (Å²) in [6.07, 6.45) is 9.65. The minimum absolute atomic E-state index is 0.107. The topological polar surface area (TPSA) is 78.4 Å². The van der Waals surface area contributed by atoms with Crippen molar-refractivity contribution in [3.05, 3.63) is 24.3 Å². The van der Waals surface area contributed by atoms with Gasteiger partial charge in [0.05, 0.1) is 0 Å². The number of alkyl halides is 1. The van der Waals surface area contributed by atoms with Crippen LogP contribution in [0.25, 0.3) is 0 Å². The van der Waals surface area contributed by atoms with Crippen molar-refractivity contribution in [3.8, 4) is 5.75 Å². The predicted molar refractivity (Wildman–Crippen MR) is 135 cm³/mol. The number of hydrogen-bond donors (Lipinski definition) is 2. The number of nitrogens with one attached hydrogen (secondary N) is 2. The first-order valence-corrected chi connectivity index (χ1v) is 12.6. The Hall–Kier alpha value is -2.32. The van der Waals surface area contributed by atoms with Gasteiger partial charge in [0.2, 0.25) is 17.8 Å². The molecule has 2 aromatic rings. The van der Waals surface area contributed by atoms with Crippen molar-refractivity contribution >= 4 is 35.1 Å². The van der Waals surface area contributed by atoms with E-state index in [2.05, 4.69) is 34.5 Å². The van der Waals surface area contributed by atoms with Gasteiger partial charge < -0.3 is 25.2 Å². The fourth-order valence-electron chi connectivity index (χ4n) is 4.65. The number of rotatable bonds is 8. The first-order chi connectivity index (χ1) is 16.1. The zero-order valence-corrected chi connectivity index (χ0v) is 20.5. The normalized spacial score (nSPS) is 18.5. The molecule has 1 aromatic carbocycles. The minimum atomic E-state index is 0.107. The first kappa shape index (κ1) is 23.8. The van der Waals surface area contributed by atoms with Gasteiger partial charge in [0.25, 0.3) is 0 Å². The zero-order chi connectivity index (χ0) is 23.0. The van der Waals surface area contributed by atoms with Crippen LogP contribution < -0.4 is 20.3 Å². The lowest BCUT2D eigenvalue weighted by Crippen LogP contribution is -2.42. The van der Waals surface area contributed by atoms with Crippen molar-refractivity contribution in [2.45, 2.75) is 63.5 Å². The molecule has 8 nitrogen and oxygen atoms in total. The van der Waals surface area contributed by atoms with Crippen LogP contribution in [0, 0.1) is 0 Å². The average molecular weight is 474 g/mol. The van der Waals surface area contributed by atoms with E-state index in [9.17, 15) is 0 Å². The molecule has 180 valence electrons. The van der Waals surface area contributed by atoms with E-state index >= 15 is 0 Å². The fourth-order valence-corrected chi connectivity index (χ4v) is 4.78. The number of likely N-dealkylation sites (tertiary alicyclic amines) is 1. The summed E-state index contributed by atoms with van der Waals surface area (Å²) in [5.41, 5.74) is 0.845. The van der Waals surface area contributed by atoms with Crippen LogP contribution in [0.5, 0.6) is 5.75 Å². The summed E-state index contributed by atoms with van der Waals surface area (Å²) < 4.78 is 5.42. The second kappa shape index (κ2) is 11.7. The Morgan fingerprint density at radius 3 is 2.48 bits per heavy atom. The van der Waals surface area contributed by atoms with Crippen LogP contribution in [-0.2, 0) is 0 Å². The zero-order valence-electron chi connectivity index (χ0n) is 19.8. The van der Waals surface area contributed by atoms with Gasteiger partial charge in [0.15, 0.2) is 6.07 Å². The van der Waals surface area contributed by atoms with Crippen LogP contribution in [0.1, 0.15) is 51.4 Å². The number of piperidine rings is 1. The molecule has 1 aromatic heterocycles. The van der Waals surface area contributed by atoms with Crippen molar-refractivity contribution in [3.63, 3.8) is 0 Å². The lowest BCUT2D eigenvalue weighted by Gasteiger charge is -2.35. The van der Waals surface area contributed by atoms with Crippen molar-refractivity contribution in [2.24, 2.45) is 0 Å². The number of halogens is 1. The summed E-state index contributed by atoms with van der Waals surface area (Å²) in [5.74, 6) is 2.57. The van der Waals surface area contributed by atoms with Gasteiger partial charge in [0, 0.05) is 30.9 Å². The Kier molecular flexibility index (Phi) is 8.45. The van der Waals surface area contributed by atoms with Gasteiger partial charge in [-0.2, -0.15) is 15.0 Å². The summed E-state index contributed by atoms with van der Waals surface area (Å²) in [6, 6.07) is 8.58. The molecule has 2 aliphatic rings. The summed E-state index contributed by atoms with van der Waals surface area (Å²) >= 11 is 5.72. The van der Waals surface area contributed by atoms with E-state index in [1.54, 1.807) is 0 Å². The van der Waals surface area contributed by atoms with Gasteiger partial charge in [-0.1, -0.05) is 43.4 Å². The molecule has 1 saturated carbocycles. The minimum Gasteiger partial charge on any atom is -0.478 e. The van der Waals surface area contributed by atoms with Crippen LogP contribution in [0.15, 0.2) is 24.3 Å². The summed E-state index contributed by atoms with van der Waals surface area (Å²) in [6.45, 7) is 2.18. The molecule has 0 amide bonds. The molecule has 9 heteroatoms. The molecule has 1 aliphatic heterocycles. The van der Waals surface area contributed by atoms with E-state index in [-0.39, 0.29) is 6.07 Å². The third-order valence-corrected chi connectivity index (χ3v) is 6.78. The first-order valence-electron chi connectivity index (χ1n) is 12.1. The SMILES string of the molecule is CN1CCC(N(C)c2nc(Nc3cccc(OCCl)c3)nc(NC3CCCCCC3)n2)CC1. The highest BCUT2D eigenvalue weighted by Crippen LogP contribution is 2.26. The molecule has 1 aliphatic carbocycles. The highest BCUT2D eigenvalue weighted by atomic mass is 35.5. The molecule has 0 atom stereocenters. The number of anilines is 4. The Morgan fingerprint density at radius 2 is 1.76 bits per heavy atom. The van der Waals surface area contributed by atoms with Gasteiger partial charge >= 0.3 is 0 Å². The van der Waals surface area contributed by atoms with E-state index in [1.165, 1.54) is 25.7 Å². The summed E-state index contributed by atoms with van der Waals surface area (Å²) in [5, 5.41) is 6.94. The van der Waals surface area contributed by atoms with Crippen LogP contribution in [-0.4, -0.2) is 65.2 Å². The molecular weight excluding hydrogens is 438 g/mol. The third-order valence-electron chi connectivity index (χ3n) is 6.67. The highest BCUT2D eigenvalue weighted by molar-refractivity contribution is 6.17. The van der Waals surface area contributed by atoms with Crippen molar-refractivity contribution in [1.29, 1.82) is 0 Å². The van der Waals surface area contributed by atoms with Crippen molar-refractivity contribution in [2.75, 3.05) is 48.8 Å². The van der Waals surface area contributed by atoms with E-state index < -0.39 is 0 Å². The smallest absolute Gasteiger partial charge is 0.233 e. The molecular formula is C24H36ClN7O. The van der Waals surface area contributed by atoms with E-state index in [4.69, 9.17) is 31.3 Å². The van der Waals surface area contributed by atoms with Crippen LogP contribution in [0.3, 0.4) is 0 Å². The van der Waals surface area contributed by atoms with Gasteiger partial charge in [-0.25, -0.2) is 0 Å². The Bertz CT molecular complexity index is 883. The molecule has 2 N–H and O–H groups in total. The highest BCUT2D eigenvalue weighted by Gasteiger charge is 2.24. The Labute approximate surface area is 202 Å². The number of aromatic nitrogens is 3. The Morgan fingerprint density at radius 1 is 1.03 bits per heavy atom. The average Bonchev–Trinajstić information content (AvgIpc) is 3.08. The quantitative estimate of drug-likeness (QED) is 0.416.